The lowest BCUT2D eigenvalue weighted by atomic mass is 9.90. The molecule has 1 heterocycles. The van der Waals surface area contributed by atoms with Gasteiger partial charge in [0.25, 0.3) is 5.91 Å². The van der Waals surface area contributed by atoms with Crippen molar-refractivity contribution >= 4 is 17.6 Å². The number of rotatable bonds is 11. The summed E-state index contributed by atoms with van der Waals surface area (Å²) in [6.45, 7) is 3.10. The molecule has 9 nitrogen and oxygen atoms in total. The average molecular weight is 499 g/mol. The summed E-state index contributed by atoms with van der Waals surface area (Å²) in [5.74, 6) is -0.350. The van der Waals surface area contributed by atoms with Crippen molar-refractivity contribution in [2.75, 3.05) is 34.5 Å². The molecule has 194 valence electrons. The fraction of sp³-hybridized carbons (Fsp3) is 0.444. The van der Waals surface area contributed by atoms with Crippen LogP contribution < -0.4 is 14.8 Å². The molecular formula is C27H34N2O7. The zero-order chi connectivity index (χ0) is 26.1. The van der Waals surface area contributed by atoms with E-state index in [0.717, 1.165) is 28.2 Å². The smallest absolute Gasteiger partial charge is 0.326 e. The number of carboxylic acid groups (broad SMARTS) is 1. The van der Waals surface area contributed by atoms with E-state index in [1.807, 2.05) is 42.5 Å². The van der Waals surface area contributed by atoms with Crippen LogP contribution in [0.5, 0.6) is 11.5 Å². The first-order chi connectivity index (χ1) is 17.4. The third kappa shape index (κ3) is 6.54. The summed E-state index contributed by atoms with van der Waals surface area (Å²) in [4.78, 5) is 29.7. The summed E-state index contributed by atoms with van der Waals surface area (Å²) in [5.41, 5.74) is 2.93. The SMILES string of the molecule is CO/N=C(/C(=O)NC(Cc1ccc(C(C)c2c(OC)cccc2OC)cc1)C(=O)O)C1CCOCC1. The van der Waals surface area contributed by atoms with Gasteiger partial charge in [0.1, 0.15) is 30.4 Å². The molecule has 1 saturated heterocycles. The number of methoxy groups -OCH3 is 2. The van der Waals surface area contributed by atoms with Gasteiger partial charge < -0.3 is 29.5 Å². The van der Waals surface area contributed by atoms with Gasteiger partial charge in [0.2, 0.25) is 0 Å². The molecule has 2 aromatic carbocycles. The predicted octanol–water partition coefficient (Wildman–Crippen LogP) is 3.40. The van der Waals surface area contributed by atoms with Crippen molar-refractivity contribution in [3.63, 3.8) is 0 Å². The third-order valence-electron chi connectivity index (χ3n) is 6.45. The Labute approximate surface area is 211 Å². The first-order valence-corrected chi connectivity index (χ1v) is 11.9. The third-order valence-corrected chi connectivity index (χ3v) is 6.45. The summed E-state index contributed by atoms with van der Waals surface area (Å²) in [6, 6.07) is 12.2. The minimum atomic E-state index is -1.12. The number of amides is 1. The Bertz CT molecular complexity index is 1040. The Morgan fingerprint density at radius 1 is 1.06 bits per heavy atom. The van der Waals surface area contributed by atoms with Crippen LogP contribution in [0.25, 0.3) is 0 Å². The molecule has 36 heavy (non-hydrogen) atoms. The van der Waals surface area contributed by atoms with Crippen LogP contribution in [0, 0.1) is 5.92 Å². The maximum absolute atomic E-state index is 12.9. The lowest BCUT2D eigenvalue weighted by molar-refractivity contribution is -0.141. The molecule has 2 aromatic rings. The van der Waals surface area contributed by atoms with Gasteiger partial charge in [0.05, 0.1) is 14.2 Å². The highest BCUT2D eigenvalue weighted by atomic mass is 16.6. The number of ether oxygens (including phenoxy) is 3. The Kier molecular flexibility index (Phi) is 9.69. The summed E-state index contributed by atoms with van der Waals surface area (Å²) in [6.07, 6.45) is 1.38. The van der Waals surface area contributed by atoms with Crippen molar-refractivity contribution in [2.45, 2.75) is 38.1 Å². The quantitative estimate of drug-likeness (QED) is 0.360. The monoisotopic (exact) mass is 498 g/mol. The molecule has 1 aliphatic rings. The van der Waals surface area contributed by atoms with Gasteiger partial charge in [-0.2, -0.15) is 0 Å². The minimum absolute atomic E-state index is 0.0209. The minimum Gasteiger partial charge on any atom is -0.496 e. The Morgan fingerprint density at radius 3 is 2.19 bits per heavy atom. The second-order valence-corrected chi connectivity index (χ2v) is 8.65. The van der Waals surface area contributed by atoms with Crippen LogP contribution in [-0.2, 0) is 25.6 Å². The van der Waals surface area contributed by atoms with Crippen LogP contribution in [0.15, 0.2) is 47.6 Å². The first kappa shape index (κ1) is 27.0. The van der Waals surface area contributed by atoms with Crippen LogP contribution in [0.2, 0.25) is 0 Å². The summed E-state index contributed by atoms with van der Waals surface area (Å²) < 4.78 is 16.4. The summed E-state index contributed by atoms with van der Waals surface area (Å²) in [5, 5.41) is 16.3. The maximum atomic E-state index is 12.9. The van der Waals surface area contributed by atoms with Gasteiger partial charge in [-0.15, -0.1) is 0 Å². The largest absolute Gasteiger partial charge is 0.496 e. The highest BCUT2D eigenvalue weighted by Gasteiger charge is 2.30. The van der Waals surface area contributed by atoms with Crippen LogP contribution in [0.1, 0.15) is 42.4 Å². The highest BCUT2D eigenvalue weighted by molar-refractivity contribution is 6.39. The molecule has 2 N–H and O–H groups in total. The Balaban J connectivity index is 1.74. The molecule has 2 unspecified atom stereocenters. The average Bonchev–Trinajstić information content (AvgIpc) is 2.91. The molecular weight excluding hydrogens is 464 g/mol. The lowest BCUT2D eigenvalue weighted by Gasteiger charge is -2.23. The van der Waals surface area contributed by atoms with E-state index in [1.165, 1.54) is 7.11 Å². The van der Waals surface area contributed by atoms with E-state index in [9.17, 15) is 14.7 Å². The highest BCUT2D eigenvalue weighted by Crippen LogP contribution is 2.38. The van der Waals surface area contributed by atoms with Crippen molar-refractivity contribution in [1.29, 1.82) is 0 Å². The molecule has 0 aromatic heterocycles. The van der Waals surface area contributed by atoms with Crippen molar-refractivity contribution < 1.29 is 33.7 Å². The molecule has 0 aliphatic carbocycles. The van der Waals surface area contributed by atoms with E-state index in [2.05, 4.69) is 17.4 Å². The number of carbonyl (C=O) groups excluding carboxylic acids is 1. The molecule has 1 aliphatic heterocycles. The number of nitrogens with zero attached hydrogens (tertiary/aromatic N) is 1. The van der Waals surface area contributed by atoms with E-state index in [0.29, 0.717) is 26.1 Å². The van der Waals surface area contributed by atoms with Crippen LogP contribution in [0.3, 0.4) is 0 Å². The molecule has 0 saturated carbocycles. The first-order valence-electron chi connectivity index (χ1n) is 11.9. The van der Waals surface area contributed by atoms with Crippen molar-refractivity contribution in [2.24, 2.45) is 11.1 Å². The lowest BCUT2D eigenvalue weighted by Crippen LogP contribution is -2.47. The molecule has 0 spiro atoms. The van der Waals surface area contributed by atoms with Gasteiger partial charge >= 0.3 is 5.97 Å². The fourth-order valence-electron chi connectivity index (χ4n) is 4.45. The Morgan fingerprint density at radius 2 is 1.67 bits per heavy atom. The van der Waals surface area contributed by atoms with E-state index < -0.39 is 17.9 Å². The van der Waals surface area contributed by atoms with Gasteiger partial charge in [-0.3, -0.25) is 4.79 Å². The summed E-state index contributed by atoms with van der Waals surface area (Å²) >= 11 is 0. The van der Waals surface area contributed by atoms with Gasteiger partial charge in [-0.05, 0) is 36.1 Å². The molecule has 9 heteroatoms. The number of oxime groups is 1. The number of benzene rings is 2. The number of hydrogen-bond donors (Lipinski definition) is 2. The second kappa shape index (κ2) is 12.9. The van der Waals surface area contributed by atoms with E-state index in [1.54, 1.807) is 14.2 Å². The van der Waals surface area contributed by atoms with Crippen LogP contribution in [0.4, 0.5) is 0 Å². The fourth-order valence-corrected chi connectivity index (χ4v) is 4.45. The Hall–Kier alpha value is -3.59. The van der Waals surface area contributed by atoms with Crippen LogP contribution >= 0.6 is 0 Å². The number of hydrogen-bond acceptors (Lipinski definition) is 7. The molecule has 1 fully saturated rings. The maximum Gasteiger partial charge on any atom is 0.326 e. The number of carboxylic acids is 1. The van der Waals surface area contributed by atoms with E-state index >= 15 is 0 Å². The standard InChI is InChI=1S/C27H34N2O7/c1-17(24-22(33-2)6-5-7-23(24)34-3)19-10-8-18(9-11-19)16-21(27(31)32)28-26(30)25(29-35-4)20-12-14-36-15-13-20/h5-11,17,20-21H,12-16H2,1-4H3,(H,28,30)(H,31,32)/b29-25+. The topological polar surface area (TPSA) is 116 Å². The van der Waals surface area contributed by atoms with Crippen molar-refractivity contribution in [1.82, 2.24) is 5.32 Å². The van der Waals surface area contributed by atoms with Gasteiger partial charge in [-0.1, -0.05) is 42.4 Å². The van der Waals surface area contributed by atoms with Crippen molar-refractivity contribution in [3.05, 3.63) is 59.2 Å². The number of nitrogens with one attached hydrogen (secondary N) is 1. The molecule has 0 bridgehead atoms. The van der Waals surface area contributed by atoms with Crippen molar-refractivity contribution in [3.8, 4) is 11.5 Å². The van der Waals surface area contributed by atoms with E-state index in [-0.39, 0.29) is 24.0 Å². The number of aliphatic carboxylic acids is 1. The van der Waals surface area contributed by atoms with Crippen LogP contribution in [-0.4, -0.2) is 63.3 Å². The number of carbonyl (C=O) groups is 2. The van der Waals surface area contributed by atoms with Gasteiger partial charge in [0.15, 0.2) is 0 Å². The normalized spacial score (nSPS) is 16.1. The second-order valence-electron chi connectivity index (χ2n) is 8.65. The molecule has 3 rings (SSSR count). The molecule has 1 amide bonds. The summed E-state index contributed by atoms with van der Waals surface area (Å²) in [7, 11) is 4.61. The predicted molar refractivity (Wildman–Crippen MR) is 135 cm³/mol. The van der Waals surface area contributed by atoms with E-state index in [4.69, 9.17) is 19.0 Å². The van der Waals surface area contributed by atoms with Gasteiger partial charge in [-0.25, -0.2) is 4.79 Å². The molecule has 2 atom stereocenters. The zero-order valence-corrected chi connectivity index (χ0v) is 21.2. The van der Waals surface area contributed by atoms with Gasteiger partial charge in [0, 0.05) is 37.0 Å². The molecule has 0 radical (unpaired) electrons. The zero-order valence-electron chi connectivity index (χ0n) is 21.2.